The van der Waals surface area contributed by atoms with Crippen LogP contribution < -0.4 is 10.6 Å². The van der Waals surface area contributed by atoms with Gasteiger partial charge in [0.05, 0.1) is 18.3 Å². The zero-order valence-electron chi connectivity index (χ0n) is 15.3. The summed E-state index contributed by atoms with van der Waals surface area (Å²) in [7, 11) is 0. The molecule has 1 aromatic carbocycles. The number of hydrogen-bond donors (Lipinski definition) is 3. The fourth-order valence-electron chi connectivity index (χ4n) is 2.48. The van der Waals surface area contributed by atoms with Gasteiger partial charge in [0.25, 0.3) is 0 Å². The van der Waals surface area contributed by atoms with E-state index in [4.69, 9.17) is 4.42 Å². The van der Waals surface area contributed by atoms with Crippen molar-refractivity contribution in [3.8, 4) is 11.5 Å². The number of carbonyl (C=O) groups excluding carboxylic acids is 1. The molecule has 0 saturated heterocycles. The number of aliphatic hydroxyl groups excluding tert-OH is 1. The van der Waals surface area contributed by atoms with Gasteiger partial charge in [-0.2, -0.15) is 0 Å². The Morgan fingerprint density at radius 3 is 2.36 bits per heavy atom. The second kappa shape index (κ2) is 8.16. The fourth-order valence-corrected chi connectivity index (χ4v) is 2.48. The van der Waals surface area contributed by atoms with Crippen LogP contribution in [0.4, 0.5) is 10.5 Å². The molecule has 2 aromatic rings. The van der Waals surface area contributed by atoms with Crippen LogP contribution in [0.15, 0.2) is 34.9 Å². The van der Waals surface area contributed by atoms with Gasteiger partial charge in [-0.05, 0) is 37.1 Å². The molecular formula is C19H27N3O3. The van der Waals surface area contributed by atoms with E-state index in [1.54, 1.807) is 18.3 Å². The van der Waals surface area contributed by atoms with Gasteiger partial charge in [-0.15, -0.1) is 0 Å². The van der Waals surface area contributed by atoms with Crippen LogP contribution in [0.25, 0.3) is 11.5 Å². The molecule has 0 atom stereocenters. The summed E-state index contributed by atoms with van der Waals surface area (Å²) in [6, 6.07) is 6.97. The smallest absolute Gasteiger partial charge is 0.319 e. The maximum Gasteiger partial charge on any atom is 0.319 e. The second-order valence-corrected chi connectivity index (χ2v) is 6.52. The monoisotopic (exact) mass is 345 g/mol. The Hall–Kier alpha value is -2.34. The average Bonchev–Trinajstić information content (AvgIpc) is 3.11. The normalized spacial score (nSPS) is 11.6. The van der Waals surface area contributed by atoms with Gasteiger partial charge in [-0.3, -0.25) is 0 Å². The molecule has 3 N–H and O–H groups in total. The number of carbonyl (C=O) groups is 1. The Morgan fingerprint density at radius 1 is 1.24 bits per heavy atom. The van der Waals surface area contributed by atoms with Crippen molar-refractivity contribution in [2.24, 2.45) is 0 Å². The van der Waals surface area contributed by atoms with Gasteiger partial charge in [0.2, 0.25) is 5.89 Å². The summed E-state index contributed by atoms with van der Waals surface area (Å²) in [5.74, 6) is 1.70. The third-order valence-electron chi connectivity index (χ3n) is 4.52. The molecule has 0 aliphatic heterocycles. The van der Waals surface area contributed by atoms with Crippen molar-refractivity contribution in [3.63, 3.8) is 0 Å². The maximum atomic E-state index is 12.2. The number of aromatic nitrogens is 1. The first-order valence-electron chi connectivity index (χ1n) is 8.69. The lowest BCUT2D eigenvalue weighted by atomic mass is 9.94. The maximum absolute atomic E-state index is 12.2. The van der Waals surface area contributed by atoms with Crippen LogP contribution >= 0.6 is 0 Å². The predicted octanol–water partition coefficient (Wildman–Crippen LogP) is 4.14. The lowest BCUT2D eigenvalue weighted by Crippen LogP contribution is -2.51. The number of benzene rings is 1. The highest BCUT2D eigenvalue weighted by atomic mass is 16.4. The van der Waals surface area contributed by atoms with Crippen molar-refractivity contribution in [2.45, 2.75) is 52.0 Å². The molecule has 1 aromatic heterocycles. The van der Waals surface area contributed by atoms with Crippen LogP contribution in [-0.4, -0.2) is 28.3 Å². The number of anilines is 1. The van der Waals surface area contributed by atoms with Gasteiger partial charge in [0.15, 0.2) is 0 Å². The molecule has 0 spiro atoms. The zero-order valence-corrected chi connectivity index (χ0v) is 15.3. The second-order valence-electron chi connectivity index (χ2n) is 6.52. The highest BCUT2D eigenvalue weighted by Crippen LogP contribution is 2.24. The number of nitrogens with zero attached hydrogens (tertiary/aromatic N) is 1. The van der Waals surface area contributed by atoms with Crippen LogP contribution in [-0.2, 0) is 0 Å². The van der Waals surface area contributed by atoms with Crippen molar-refractivity contribution >= 4 is 11.7 Å². The van der Waals surface area contributed by atoms with Gasteiger partial charge in [-0.25, -0.2) is 9.78 Å². The van der Waals surface area contributed by atoms with E-state index < -0.39 is 5.54 Å². The Balaban J connectivity index is 2.03. The molecule has 0 bridgehead atoms. The highest BCUT2D eigenvalue weighted by Gasteiger charge is 2.27. The number of amides is 2. The van der Waals surface area contributed by atoms with Crippen LogP contribution in [0.1, 0.15) is 52.2 Å². The van der Waals surface area contributed by atoms with Crippen LogP contribution in [0.3, 0.4) is 0 Å². The van der Waals surface area contributed by atoms with Crippen molar-refractivity contribution in [2.75, 3.05) is 11.9 Å². The standard InChI is InChI=1S/C19H27N3O3/c1-5-19(6-2,12-23)22-18(24)21-15-9-7-14(8-10-15)17-20-11-16(25-17)13(3)4/h7-11,13,23H,5-6,12H2,1-4H3,(H2,21,22,24). The number of rotatable bonds is 7. The van der Waals surface area contributed by atoms with Crippen molar-refractivity contribution in [3.05, 3.63) is 36.2 Å². The SMILES string of the molecule is CCC(CC)(CO)NC(=O)Nc1ccc(-c2ncc(C(C)C)o2)cc1. The van der Waals surface area contributed by atoms with E-state index in [-0.39, 0.29) is 18.6 Å². The van der Waals surface area contributed by atoms with E-state index in [0.29, 0.717) is 24.4 Å². The average molecular weight is 345 g/mol. The molecule has 0 unspecified atom stereocenters. The summed E-state index contributed by atoms with van der Waals surface area (Å²) < 4.78 is 5.72. The van der Waals surface area contributed by atoms with E-state index in [9.17, 15) is 9.90 Å². The predicted molar refractivity (Wildman–Crippen MR) is 98.6 cm³/mol. The molecule has 6 heteroatoms. The molecule has 0 saturated carbocycles. The van der Waals surface area contributed by atoms with Gasteiger partial charge in [0, 0.05) is 17.2 Å². The number of aliphatic hydroxyl groups is 1. The van der Waals surface area contributed by atoms with E-state index in [0.717, 1.165) is 11.3 Å². The van der Waals surface area contributed by atoms with Gasteiger partial charge >= 0.3 is 6.03 Å². The minimum absolute atomic E-state index is 0.0886. The largest absolute Gasteiger partial charge is 0.441 e. The van der Waals surface area contributed by atoms with Crippen molar-refractivity contribution in [1.29, 1.82) is 0 Å². The number of hydrogen-bond acceptors (Lipinski definition) is 4. The quantitative estimate of drug-likeness (QED) is 0.704. The summed E-state index contributed by atoms with van der Waals surface area (Å²) in [5.41, 5.74) is 0.927. The van der Waals surface area contributed by atoms with Crippen LogP contribution in [0, 0.1) is 0 Å². The topological polar surface area (TPSA) is 87.4 Å². The lowest BCUT2D eigenvalue weighted by Gasteiger charge is -2.30. The summed E-state index contributed by atoms with van der Waals surface area (Å²) in [5, 5.41) is 15.2. The molecule has 2 rings (SSSR count). The van der Waals surface area contributed by atoms with Crippen LogP contribution in [0.2, 0.25) is 0 Å². The Bertz CT molecular complexity index is 680. The summed E-state index contributed by atoms with van der Waals surface area (Å²) in [4.78, 5) is 16.5. The minimum atomic E-state index is -0.588. The molecule has 0 fully saturated rings. The molecule has 136 valence electrons. The number of oxazole rings is 1. The van der Waals surface area contributed by atoms with E-state index in [1.807, 2.05) is 26.0 Å². The lowest BCUT2D eigenvalue weighted by molar-refractivity contribution is 0.155. The molecule has 6 nitrogen and oxygen atoms in total. The third kappa shape index (κ3) is 4.60. The van der Waals surface area contributed by atoms with Crippen LogP contribution in [0.5, 0.6) is 0 Å². The number of urea groups is 1. The summed E-state index contributed by atoms with van der Waals surface area (Å²) in [6.07, 6.45) is 3.06. The van der Waals surface area contributed by atoms with E-state index in [2.05, 4.69) is 29.5 Å². The fraction of sp³-hybridized carbons (Fsp3) is 0.474. The zero-order chi connectivity index (χ0) is 18.4. The van der Waals surface area contributed by atoms with E-state index >= 15 is 0 Å². The molecule has 2 amide bonds. The highest BCUT2D eigenvalue weighted by molar-refractivity contribution is 5.90. The molecule has 1 heterocycles. The van der Waals surface area contributed by atoms with Gasteiger partial charge in [0.1, 0.15) is 5.76 Å². The first-order chi connectivity index (χ1) is 11.9. The summed E-state index contributed by atoms with van der Waals surface area (Å²) >= 11 is 0. The first-order valence-corrected chi connectivity index (χ1v) is 8.69. The Kier molecular flexibility index (Phi) is 6.20. The third-order valence-corrected chi connectivity index (χ3v) is 4.52. The first kappa shape index (κ1) is 19.0. The molecular weight excluding hydrogens is 318 g/mol. The van der Waals surface area contributed by atoms with E-state index in [1.165, 1.54) is 0 Å². The Morgan fingerprint density at radius 2 is 1.88 bits per heavy atom. The summed E-state index contributed by atoms with van der Waals surface area (Å²) in [6.45, 7) is 7.89. The van der Waals surface area contributed by atoms with Crippen molar-refractivity contribution in [1.82, 2.24) is 10.3 Å². The Labute approximate surface area is 148 Å². The molecule has 0 radical (unpaired) electrons. The molecule has 0 aliphatic rings. The van der Waals surface area contributed by atoms with Crippen molar-refractivity contribution < 1.29 is 14.3 Å². The molecule has 0 aliphatic carbocycles. The van der Waals surface area contributed by atoms with Gasteiger partial charge < -0.3 is 20.2 Å². The molecule has 25 heavy (non-hydrogen) atoms. The minimum Gasteiger partial charge on any atom is -0.441 e. The van der Waals surface area contributed by atoms with Gasteiger partial charge in [-0.1, -0.05) is 27.7 Å². The number of nitrogens with one attached hydrogen (secondary N) is 2.